The molecular weight excluding hydrogens is 552 g/mol. The maximum atomic E-state index is 13.5. The van der Waals surface area contributed by atoms with Gasteiger partial charge in [0.05, 0.1) is 6.61 Å². The molecule has 42 heavy (non-hydrogen) atoms. The number of hydrazine groups is 1. The van der Waals surface area contributed by atoms with Gasteiger partial charge in [-0.1, -0.05) is 33.8 Å². The van der Waals surface area contributed by atoms with Crippen LogP contribution in [0.3, 0.4) is 0 Å². The van der Waals surface area contributed by atoms with Gasteiger partial charge in [0, 0.05) is 19.3 Å². The first-order chi connectivity index (χ1) is 19.9. The maximum absolute atomic E-state index is 13.5. The van der Waals surface area contributed by atoms with Crippen LogP contribution in [-0.2, 0) is 42.9 Å². The lowest BCUT2D eigenvalue weighted by molar-refractivity contribution is -0.277. The molecule has 0 bridgehead atoms. The van der Waals surface area contributed by atoms with Crippen molar-refractivity contribution in [3.63, 3.8) is 0 Å². The van der Waals surface area contributed by atoms with Gasteiger partial charge in [0.2, 0.25) is 12.4 Å². The summed E-state index contributed by atoms with van der Waals surface area (Å²) in [7, 11) is 0. The zero-order valence-electron chi connectivity index (χ0n) is 24.9. The van der Waals surface area contributed by atoms with Crippen molar-refractivity contribution in [2.75, 3.05) is 6.61 Å². The first kappa shape index (κ1) is 34.8. The molecule has 2 rings (SSSR count). The minimum Gasteiger partial charge on any atom is -0.504 e. The van der Waals surface area contributed by atoms with E-state index in [0.29, 0.717) is 24.8 Å². The van der Waals surface area contributed by atoms with Crippen molar-refractivity contribution in [1.82, 2.24) is 5.43 Å². The molecule has 0 amide bonds. The monoisotopic (exact) mass is 596 g/mol. The van der Waals surface area contributed by atoms with Gasteiger partial charge in [-0.05, 0) is 56.2 Å². The average molecular weight is 597 g/mol. The first-order valence-corrected chi connectivity index (χ1v) is 14.3. The summed E-state index contributed by atoms with van der Waals surface area (Å²) in [6.45, 7) is 8.36. The topological polar surface area (TPSA) is 193 Å². The Kier molecular flexibility index (Phi) is 13.5. The van der Waals surface area contributed by atoms with E-state index in [1.165, 1.54) is 19.1 Å². The molecule has 1 aliphatic heterocycles. The van der Waals surface area contributed by atoms with Gasteiger partial charge in [0.25, 0.3) is 0 Å². The van der Waals surface area contributed by atoms with E-state index in [4.69, 9.17) is 29.5 Å². The highest BCUT2D eigenvalue weighted by molar-refractivity contribution is 5.80. The lowest BCUT2D eigenvalue weighted by Crippen LogP contribution is -2.61. The number of hydrogen-bond donors (Lipinski definition) is 4. The maximum Gasteiger partial charge on any atom is 0.329 e. The predicted molar refractivity (Wildman–Crippen MR) is 149 cm³/mol. The van der Waals surface area contributed by atoms with Gasteiger partial charge < -0.3 is 33.9 Å². The van der Waals surface area contributed by atoms with Crippen molar-refractivity contribution in [1.29, 1.82) is 0 Å². The average Bonchev–Trinajstić information content (AvgIpc) is 2.93. The predicted octanol–water partition coefficient (Wildman–Crippen LogP) is 2.85. The van der Waals surface area contributed by atoms with E-state index in [-0.39, 0.29) is 49.7 Å². The highest BCUT2D eigenvalue weighted by Crippen LogP contribution is 2.33. The molecule has 5 N–H and O–H groups in total. The molecule has 1 fully saturated rings. The highest BCUT2D eigenvalue weighted by Gasteiger charge is 2.50. The summed E-state index contributed by atoms with van der Waals surface area (Å²) in [5.41, 5.74) is 1.61. The van der Waals surface area contributed by atoms with E-state index in [9.17, 15) is 29.4 Å². The van der Waals surface area contributed by atoms with Gasteiger partial charge in [-0.15, -0.1) is 0 Å². The van der Waals surface area contributed by atoms with Gasteiger partial charge in [0.1, 0.15) is 5.54 Å². The zero-order valence-corrected chi connectivity index (χ0v) is 24.9. The van der Waals surface area contributed by atoms with Crippen LogP contribution in [0.5, 0.6) is 11.5 Å². The van der Waals surface area contributed by atoms with Gasteiger partial charge in [-0.25, -0.2) is 10.2 Å². The fourth-order valence-electron chi connectivity index (χ4n) is 4.49. The van der Waals surface area contributed by atoms with Gasteiger partial charge in [-0.2, -0.15) is 0 Å². The summed E-state index contributed by atoms with van der Waals surface area (Å²) >= 11 is 0. The number of hydrogen-bond acceptors (Lipinski definition) is 13. The molecule has 0 spiro atoms. The Morgan fingerprint density at radius 3 is 2.00 bits per heavy atom. The number of rotatable bonds is 15. The number of phenols is 2. The van der Waals surface area contributed by atoms with Crippen LogP contribution in [0.25, 0.3) is 0 Å². The van der Waals surface area contributed by atoms with Crippen LogP contribution in [0, 0.1) is 0 Å². The molecule has 1 aromatic carbocycles. The Morgan fingerprint density at radius 1 is 0.929 bits per heavy atom. The van der Waals surface area contributed by atoms with Crippen LogP contribution in [0.15, 0.2) is 18.2 Å². The van der Waals surface area contributed by atoms with Gasteiger partial charge in [-0.3, -0.25) is 20.2 Å². The van der Waals surface area contributed by atoms with Crippen molar-refractivity contribution in [3.8, 4) is 11.5 Å². The summed E-state index contributed by atoms with van der Waals surface area (Å²) in [6.07, 6.45) is -3.59. The second-order valence-corrected chi connectivity index (χ2v) is 10.6. The number of esters is 4. The molecule has 0 saturated carbocycles. The van der Waals surface area contributed by atoms with E-state index >= 15 is 0 Å². The van der Waals surface area contributed by atoms with E-state index in [0.717, 1.165) is 0 Å². The fourth-order valence-corrected chi connectivity index (χ4v) is 4.49. The molecule has 1 heterocycles. The lowest BCUT2D eigenvalue weighted by Gasteiger charge is -2.41. The molecule has 1 aromatic rings. The summed E-state index contributed by atoms with van der Waals surface area (Å²) in [5, 5.41) is 19.5. The largest absolute Gasteiger partial charge is 0.504 e. The number of phenolic OH excluding ortho intramolecular Hbond substituents is 2. The number of benzene rings is 1. The molecule has 236 valence electrons. The third kappa shape index (κ3) is 9.57. The minimum atomic E-state index is -1.51. The Balaban J connectivity index is 2.35. The van der Waals surface area contributed by atoms with E-state index in [1.807, 2.05) is 0 Å². The van der Waals surface area contributed by atoms with Crippen LogP contribution in [0.1, 0.15) is 91.0 Å². The molecule has 0 radical (unpaired) electrons. The Bertz CT molecular complexity index is 1080. The van der Waals surface area contributed by atoms with Crippen molar-refractivity contribution >= 4 is 23.9 Å². The molecule has 13 nitrogen and oxygen atoms in total. The van der Waals surface area contributed by atoms with Gasteiger partial charge >= 0.3 is 23.9 Å². The number of nitrogens with one attached hydrogen (secondary N) is 1. The Hall–Kier alpha value is -3.42. The number of carbonyl (C=O) groups excluding carboxylic acids is 4. The number of carbonyl (C=O) groups is 4. The number of nitrogens with two attached hydrogens (primary N) is 1. The zero-order chi connectivity index (χ0) is 31.4. The first-order valence-electron chi connectivity index (χ1n) is 14.3. The highest BCUT2D eigenvalue weighted by atomic mass is 16.7. The Morgan fingerprint density at radius 2 is 1.48 bits per heavy atom. The van der Waals surface area contributed by atoms with Gasteiger partial charge in [0.15, 0.2) is 23.7 Å². The van der Waals surface area contributed by atoms with E-state index in [2.05, 4.69) is 5.43 Å². The van der Waals surface area contributed by atoms with Crippen LogP contribution in [0.2, 0.25) is 0 Å². The second kappa shape index (κ2) is 16.3. The molecular formula is C29H44N2O11. The molecule has 0 aromatic heterocycles. The third-order valence-corrected chi connectivity index (χ3v) is 6.84. The summed E-state index contributed by atoms with van der Waals surface area (Å²) in [6, 6.07) is 4.32. The second-order valence-electron chi connectivity index (χ2n) is 10.6. The standard InChI is InChI=1S/C29H44N2O11/c1-6-9-22(34)39-21-16-38-27(26(41-24(36)11-8-3)25(21)40-23(35)10-7-2)42-28(37)29(5,31-30)15-17(4)18-12-13-19(32)20(33)14-18/h12-14,17,21,25-27,31-33H,6-11,15-16,30H2,1-5H3/t17?,21-,25+,26-,27?,29+/m1/s1. The fraction of sp³-hybridized carbons (Fsp3) is 0.655. The summed E-state index contributed by atoms with van der Waals surface area (Å²) in [5.74, 6) is 2.18. The summed E-state index contributed by atoms with van der Waals surface area (Å²) in [4.78, 5) is 51.0. The molecule has 0 aliphatic carbocycles. The molecule has 1 saturated heterocycles. The summed E-state index contributed by atoms with van der Waals surface area (Å²) < 4.78 is 28.2. The Labute approximate surface area is 245 Å². The van der Waals surface area contributed by atoms with E-state index in [1.54, 1.807) is 33.8 Å². The van der Waals surface area contributed by atoms with Crippen LogP contribution < -0.4 is 11.3 Å². The molecule has 13 heteroatoms. The SMILES string of the molecule is CCCC(=O)O[C@H]1[C@H](OC(=O)CCC)COC(OC(=O)[C@](C)(CC(C)c2ccc(O)c(O)c2)NN)[C@@H]1OC(=O)CCC. The normalized spacial score (nSPS) is 22.3. The van der Waals surface area contributed by atoms with Crippen LogP contribution in [-0.4, -0.2) is 70.8 Å². The van der Waals surface area contributed by atoms with Crippen LogP contribution >= 0.6 is 0 Å². The van der Waals surface area contributed by atoms with Crippen molar-refractivity contribution in [3.05, 3.63) is 23.8 Å². The van der Waals surface area contributed by atoms with E-state index < -0.39 is 54.0 Å². The number of ether oxygens (including phenoxy) is 5. The molecule has 2 unspecified atom stereocenters. The number of aromatic hydroxyl groups is 2. The molecule has 6 atom stereocenters. The van der Waals surface area contributed by atoms with Crippen molar-refractivity contribution in [2.45, 2.75) is 116 Å². The molecule has 1 aliphatic rings. The third-order valence-electron chi connectivity index (χ3n) is 6.84. The minimum absolute atomic E-state index is 0.0339. The smallest absolute Gasteiger partial charge is 0.329 e. The van der Waals surface area contributed by atoms with Crippen LogP contribution in [0.4, 0.5) is 0 Å². The quantitative estimate of drug-likeness (QED) is 0.0760. The lowest BCUT2D eigenvalue weighted by atomic mass is 9.86. The van der Waals surface area contributed by atoms with Crippen molar-refractivity contribution in [2.24, 2.45) is 5.84 Å². The van der Waals surface area contributed by atoms with Crippen molar-refractivity contribution < 1.29 is 53.1 Å².